The van der Waals surface area contributed by atoms with Crippen molar-refractivity contribution < 1.29 is 9.90 Å². The number of piperazine rings is 1. The van der Waals surface area contributed by atoms with Crippen LogP contribution in [0.2, 0.25) is 0 Å². The average molecular weight is 328 g/mol. The fourth-order valence-electron chi connectivity index (χ4n) is 2.94. The molecular formula is C18H24N4O2. The molecule has 2 aromatic rings. The number of nitrogens with zero attached hydrogens (tertiary/aromatic N) is 3. The van der Waals surface area contributed by atoms with Crippen LogP contribution in [0, 0.1) is 0 Å². The Morgan fingerprint density at radius 1 is 1.33 bits per heavy atom. The third-order valence-electron chi connectivity index (χ3n) is 4.48. The fraction of sp³-hybridized carbons (Fsp3) is 0.444. The van der Waals surface area contributed by atoms with Gasteiger partial charge in [-0.3, -0.25) is 4.79 Å². The van der Waals surface area contributed by atoms with Gasteiger partial charge in [-0.05, 0) is 30.5 Å². The second-order valence-electron chi connectivity index (χ2n) is 6.61. The lowest BCUT2D eigenvalue weighted by Crippen LogP contribution is -2.52. The Balaban J connectivity index is 1.85. The molecule has 1 fully saturated rings. The molecule has 6 heteroatoms. The molecule has 1 amide bonds. The third kappa shape index (κ3) is 3.14. The Hall–Kier alpha value is -2.34. The van der Waals surface area contributed by atoms with E-state index in [0.717, 1.165) is 18.8 Å². The topological polar surface area (TPSA) is 70.4 Å². The first-order chi connectivity index (χ1) is 11.5. The van der Waals surface area contributed by atoms with Crippen LogP contribution in [0.1, 0.15) is 42.7 Å². The van der Waals surface area contributed by atoms with Gasteiger partial charge in [0.2, 0.25) is 0 Å². The normalized spacial score (nSPS) is 18.2. The Bertz CT molecular complexity index is 721. The van der Waals surface area contributed by atoms with E-state index in [1.807, 2.05) is 31.2 Å². The highest BCUT2D eigenvalue weighted by atomic mass is 16.3. The highest BCUT2D eigenvalue weighted by Crippen LogP contribution is 2.22. The molecule has 0 aliphatic carbocycles. The third-order valence-corrected chi connectivity index (χ3v) is 4.48. The number of hydrogen-bond donors (Lipinski definition) is 2. The average Bonchev–Trinajstić information content (AvgIpc) is 2.96. The molecule has 1 aromatic carbocycles. The van der Waals surface area contributed by atoms with Gasteiger partial charge in [-0.15, -0.1) is 0 Å². The zero-order valence-electron chi connectivity index (χ0n) is 14.4. The van der Waals surface area contributed by atoms with Crippen LogP contribution >= 0.6 is 0 Å². The molecular weight excluding hydrogens is 304 g/mol. The molecule has 0 saturated carbocycles. The van der Waals surface area contributed by atoms with Crippen molar-refractivity contribution in [3.63, 3.8) is 0 Å². The molecule has 6 nitrogen and oxygen atoms in total. The number of carbonyl (C=O) groups excluding carboxylic acids is 1. The van der Waals surface area contributed by atoms with E-state index in [-0.39, 0.29) is 23.4 Å². The summed E-state index contributed by atoms with van der Waals surface area (Å²) < 4.78 is 1.56. The number of rotatable bonds is 3. The van der Waals surface area contributed by atoms with Crippen molar-refractivity contribution in [2.24, 2.45) is 0 Å². The van der Waals surface area contributed by atoms with Crippen molar-refractivity contribution in [1.29, 1.82) is 0 Å². The molecule has 0 spiro atoms. The summed E-state index contributed by atoms with van der Waals surface area (Å²) in [7, 11) is 0. The number of aromatic hydroxyl groups is 1. The molecule has 1 aliphatic rings. The predicted octanol–water partition coefficient (Wildman–Crippen LogP) is 2.14. The first-order valence-electron chi connectivity index (χ1n) is 8.38. The quantitative estimate of drug-likeness (QED) is 0.905. The van der Waals surface area contributed by atoms with Crippen LogP contribution in [0.15, 0.2) is 30.5 Å². The van der Waals surface area contributed by atoms with E-state index < -0.39 is 0 Å². The molecule has 0 radical (unpaired) electrons. The summed E-state index contributed by atoms with van der Waals surface area (Å²) in [6, 6.07) is 8.06. The molecule has 2 N–H and O–H groups in total. The molecule has 1 aromatic heterocycles. The molecule has 1 aliphatic heterocycles. The summed E-state index contributed by atoms with van der Waals surface area (Å²) in [5.41, 5.74) is 2.17. The summed E-state index contributed by atoms with van der Waals surface area (Å²) in [5.74, 6) is 0.147. The van der Waals surface area contributed by atoms with E-state index in [1.165, 1.54) is 11.8 Å². The smallest absolute Gasteiger partial charge is 0.278 e. The number of benzene rings is 1. The molecule has 24 heavy (non-hydrogen) atoms. The molecule has 1 atom stereocenters. The summed E-state index contributed by atoms with van der Waals surface area (Å²) in [6.07, 6.45) is 1.49. The summed E-state index contributed by atoms with van der Waals surface area (Å²) in [4.78, 5) is 14.4. The van der Waals surface area contributed by atoms with Gasteiger partial charge in [-0.2, -0.15) is 5.10 Å². The van der Waals surface area contributed by atoms with Crippen molar-refractivity contribution in [1.82, 2.24) is 20.0 Å². The van der Waals surface area contributed by atoms with Crippen LogP contribution in [0.5, 0.6) is 5.75 Å². The zero-order valence-corrected chi connectivity index (χ0v) is 14.4. The van der Waals surface area contributed by atoms with Gasteiger partial charge in [-0.1, -0.05) is 26.0 Å². The molecule has 128 valence electrons. The van der Waals surface area contributed by atoms with Crippen LogP contribution in [-0.2, 0) is 0 Å². The summed E-state index contributed by atoms with van der Waals surface area (Å²) in [6.45, 7) is 8.40. The van der Waals surface area contributed by atoms with Crippen LogP contribution < -0.4 is 5.32 Å². The standard InChI is InChI=1S/C18H24N4O2/c1-12(2)14-4-6-15(7-5-14)22-11-16(23)17(20-22)18(24)21-9-8-19-10-13(21)3/h4-7,11-13,19,23H,8-10H2,1-3H3. The minimum atomic E-state index is -0.223. The van der Waals surface area contributed by atoms with Crippen molar-refractivity contribution in [3.8, 4) is 11.4 Å². The largest absolute Gasteiger partial charge is 0.504 e. The summed E-state index contributed by atoms with van der Waals surface area (Å²) in [5, 5.41) is 17.7. The second kappa shape index (κ2) is 6.65. The number of amides is 1. The number of nitrogens with one attached hydrogen (secondary N) is 1. The van der Waals surface area contributed by atoms with E-state index in [2.05, 4.69) is 24.3 Å². The lowest BCUT2D eigenvalue weighted by molar-refractivity contribution is 0.0646. The van der Waals surface area contributed by atoms with Gasteiger partial charge in [-0.25, -0.2) is 4.68 Å². The molecule has 1 unspecified atom stereocenters. The minimum absolute atomic E-state index is 0.0844. The Morgan fingerprint density at radius 2 is 2.04 bits per heavy atom. The van der Waals surface area contributed by atoms with Crippen molar-refractivity contribution >= 4 is 5.91 Å². The van der Waals surface area contributed by atoms with Crippen molar-refractivity contribution in [2.45, 2.75) is 32.7 Å². The minimum Gasteiger partial charge on any atom is -0.504 e. The van der Waals surface area contributed by atoms with Crippen LogP contribution in [0.4, 0.5) is 0 Å². The first kappa shape index (κ1) is 16.5. The summed E-state index contributed by atoms with van der Waals surface area (Å²) >= 11 is 0. The lowest BCUT2D eigenvalue weighted by Gasteiger charge is -2.33. The SMILES string of the molecule is CC(C)c1ccc(-n2cc(O)c(C(=O)N3CCNCC3C)n2)cc1. The van der Waals surface area contributed by atoms with Gasteiger partial charge >= 0.3 is 0 Å². The van der Waals surface area contributed by atoms with Crippen molar-refractivity contribution in [3.05, 3.63) is 41.7 Å². The maximum atomic E-state index is 12.7. The highest BCUT2D eigenvalue weighted by molar-refractivity contribution is 5.95. The van der Waals surface area contributed by atoms with Crippen LogP contribution in [0.3, 0.4) is 0 Å². The van der Waals surface area contributed by atoms with Crippen molar-refractivity contribution in [2.75, 3.05) is 19.6 Å². The highest BCUT2D eigenvalue weighted by Gasteiger charge is 2.28. The van der Waals surface area contributed by atoms with Crippen LogP contribution in [0.25, 0.3) is 5.69 Å². The molecule has 0 bridgehead atoms. The van der Waals surface area contributed by atoms with Gasteiger partial charge in [0.1, 0.15) is 0 Å². The van der Waals surface area contributed by atoms with Gasteiger partial charge < -0.3 is 15.3 Å². The van der Waals surface area contributed by atoms with E-state index in [9.17, 15) is 9.90 Å². The maximum Gasteiger partial charge on any atom is 0.278 e. The van der Waals surface area contributed by atoms with Crippen LogP contribution in [-0.4, -0.2) is 51.4 Å². The van der Waals surface area contributed by atoms with Gasteiger partial charge in [0, 0.05) is 25.7 Å². The molecule has 1 saturated heterocycles. The predicted molar refractivity (Wildman–Crippen MR) is 92.7 cm³/mol. The molecule has 2 heterocycles. The monoisotopic (exact) mass is 328 g/mol. The van der Waals surface area contributed by atoms with E-state index in [1.54, 1.807) is 9.58 Å². The van der Waals surface area contributed by atoms with Gasteiger partial charge in [0.25, 0.3) is 5.91 Å². The van der Waals surface area contributed by atoms with Gasteiger partial charge in [0.15, 0.2) is 11.4 Å². The molecule has 3 rings (SSSR count). The number of carbonyl (C=O) groups is 1. The maximum absolute atomic E-state index is 12.7. The Morgan fingerprint density at radius 3 is 2.67 bits per heavy atom. The van der Waals surface area contributed by atoms with E-state index in [4.69, 9.17) is 0 Å². The Labute approximate surface area is 142 Å². The Kier molecular flexibility index (Phi) is 4.57. The lowest BCUT2D eigenvalue weighted by atomic mass is 10.0. The van der Waals surface area contributed by atoms with E-state index in [0.29, 0.717) is 12.5 Å². The second-order valence-corrected chi connectivity index (χ2v) is 6.61. The first-order valence-corrected chi connectivity index (χ1v) is 8.38. The zero-order chi connectivity index (χ0) is 17.3. The number of aromatic nitrogens is 2. The number of hydrogen-bond acceptors (Lipinski definition) is 4. The fourth-order valence-corrected chi connectivity index (χ4v) is 2.94. The van der Waals surface area contributed by atoms with E-state index >= 15 is 0 Å². The van der Waals surface area contributed by atoms with Gasteiger partial charge in [0.05, 0.1) is 11.9 Å².